The van der Waals surface area contributed by atoms with E-state index in [1.807, 2.05) is 72.8 Å². The number of ether oxygens (including phenoxy) is 2. The Morgan fingerprint density at radius 1 is 0.429 bits per heavy atom. The van der Waals surface area contributed by atoms with Gasteiger partial charge in [0.2, 0.25) is 0 Å². The van der Waals surface area contributed by atoms with Gasteiger partial charge in [-0.25, -0.2) is 0 Å². The predicted molar refractivity (Wildman–Crippen MR) is 120 cm³/mol. The second-order valence-corrected chi connectivity index (χ2v) is 8.00. The molecular weight excluding hydrogens is 480 g/mol. The second-order valence-electron chi connectivity index (χ2n) is 6.17. The smallest absolute Gasteiger partial charge is 0.128 e. The maximum atomic E-state index is 5.89. The third-order valence-electron chi connectivity index (χ3n) is 4.11. The van der Waals surface area contributed by atoms with Crippen molar-refractivity contribution in [2.45, 2.75) is 0 Å². The van der Waals surface area contributed by atoms with Gasteiger partial charge in [-0.2, -0.15) is 0 Å². The Morgan fingerprint density at radius 3 is 1.18 bits per heavy atom. The van der Waals surface area contributed by atoms with Crippen molar-refractivity contribution in [2.24, 2.45) is 0 Å². The molecule has 0 aliphatic rings. The monoisotopic (exact) mass is 494 g/mol. The number of halogens is 2. The summed E-state index contributed by atoms with van der Waals surface area (Å²) in [5.74, 6) is 3.21. The molecule has 0 saturated carbocycles. The molecule has 0 spiro atoms. The zero-order chi connectivity index (χ0) is 19.3. The molecule has 0 bridgehead atoms. The van der Waals surface area contributed by atoms with Crippen LogP contribution in [0.15, 0.2) is 106 Å². The van der Waals surface area contributed by atoms with Crippen molar-refractivity contribution in [3.05, 3.63) is 106 Å². The molecule has 28 heavy (non-hydrogen) atoms. The normalized spacial score (nSPS) is 10.5. The maximum Gasteiger partial charge on any atom is 0.128 e. The SMILES string of the molecule is Brc1cccc(Oc2ccc(-c3ccc(Oc4cccc(Br)c4)cc3)cc2)c1. The molecule has 4 aromatic carbocycles. The molecule has 0 aromatic heterocycles. The molecule has 4 aromatic rings. The van der Waals surface area contributed by atoms with Crippen LogP contribution in [-0.4, -0.2) is 0 Å². The van der Waals surface area contributed by atoms with Crippen LogP contribution in [0.25, 0.3) is 11.1 Å². The Hall–Kier alpha value is -2.56. The fraction of sp³-hybridized carbons (Fsp3) is 0. The number of hydrogen-bond acceptors (Lipinski definition) is 2. The molecule has 0 fully saturated rings. The Labute approximate surface area is 181 Å². The lowest BCUT2D eigenvalue weighted by atomic mass is 10.1. The number of rotatable bonds is 5. The molecule has 4 rings (SSSR count). The van der Waals surface area contributed by atoms with Gasteiger partial charge < -0.3 is 9.47 Å². The van der Waals surface area contributed by atoms with Gasteiger partial charge in [-0.3, -0.25) is 0 Å². The minimum absolute atomic E-state index is 0.802. The topological polar surface area (TPSA) is 18.5 Å². The molecule has 0 heterocycles. The van der Waals surface area contributed by atoms with Gasteiger partial charge in [-0.05, 0) is 71.8 Å². The van der Waals surface area contributed by atoms with E-state index in [1.54, 1.807) is 0 Å². The standard InChI is InChI=1S/C24H16Br2O2/c25-19-3-1-5-23(15-19)27-21-11-7-17(8-12-21)18-9-13-22(14-10-18)28-24-6-2-4-20(26)16-24/h1-16H. The van der Waals surface area contributed by atoms with E-state index in [9.17, 15) is 0 Å². The van der Waals surface area contributed by atoms with Gasteiger partial charge in [0.25, 0.3) is 0 Å². The summed E-state index contributed by atoms with van der Waals surface area (Å²) in [7, 11) is 0. The van der Waals surface area contributed by atoms with Crippen LogP contribution in [0.1, 0.15) is 0 Å². The Kier molecular flexibility index (Phi) is 5.79. The fourth-order valence-corrected chi connectivity index (χ4v) is 3.52. The highest BCUT2D eigenvalue weighted by Gasteiger charge is 2.03. The Morgan fingerprint density at radius 2 is 0.821 bits per heavy atom. The molecule has 0 radical (unpaired) electrons. The molecule has 4 heteroatoms. The molecule has 0 N–H and O–H groups in total. The third-order valence-corrected chi connectivity index (χ3v) is 5.09. The average molecular weight is 496 g/mol. The first-order chi connectivity index (χ1) is 13.7. The van der Waals surface area contributed by atoms with E-state index in [4.69, 9.17) is 9.47 Å². The molecule has 0 saturated heterocycles. The largest absolute Gasteiger partial charge is 0.457 e. The summed E-state index contributed by atoms with van der Waals surface area (Å²) < 4.78 is 13.8. The van der Waals surface area contributed by atoms with Crippen molar-refractivity contribution < 1.29 is 9.47 Å². The second kappa shape index (κ2) is 8.63. The summed E-state index contributed by atoms with van der Waals surface area (Å²) in [5, 5.41) is 0. The highest BCUT2D eigenvalue weighted by molar-refractivity contribution is 9.10. The quantitative estimate of drug-likeness (QED) is 0.276. The molecule has 0 atom stereocenters. The first-order valence-corrected chi connectivity index (χ1v) is 10.3. The average Bonchev–Trinajstić information content (AvgIpc) is 2.69. The van der Waals surface area contributed by atoms with Gasteiger partial charge in [0.15, 0.2) is 0 Å². The summed E-state index contributed by atoms with van der Waals surface area (Å²) in [6.45, 7) is 0. The molecule has 0 aliphatic carbocycles. The number of benzene rings is 4. The van der Waals surface area contributed by atoms with Crippen LogP contribution >= 0.6 is 31.9 Å². The molecule has 0 amide bonds. The third kappa shape index (κ3) is 4.83. The van der Waals surface area contributed by atoms with Gasteiger partial charge in [-0.1, -0.05) is 68.3 Å². The first kappa shape index (κ1) is 18.8. The highest BCUT2D eigenvalue weighted by atomic mass is 79.9. The molecule has 138 valence electrons. The van der Waals surface area contributed by atoms with Crippen LogP contribution < -0.4 is 9.47 Å². The summed E-state index contributed by atoms with van der Waals surface area (Å²) in [6, 6.07) is 31.7. The summed E-state index contributed by atoms with van der Waals surface area (Å²) >= 11 is 6.91. The summed E-state index contributed by atoms with van der Waals surface area (Å²) in [5.41, 5.74) is 2.24. The van der Waals surface area contributed by atoms with Crippen molar-refractivity contribution in [1.29, 1.82) is 0 Å². The van der Waals surface area contributed by atoms with E-state index in [1.165, 1.54) is 0 Å². The highest BCUT2D eigenvalue weighted by Crippen LogP contribution is 2.30. The molecular formula is C24H16Br2O2. The first-order valence-electron chi connectivity index (χ1n) is 8.73. The van der Waals surface area contributed by atoms with Crippen LogP contribution in [0.3, 0.4) is 0 Å². The van der Waals surface area contributed by atoms with Crippen LogP contribution in [-0.2, 0) is 0 Å². The van der Waals surface area contributed by atoms with Crippen LogP contribution in [0.5, 0.6) is 23.0 Å². The minimum Gasteiger partial charge on any atom is -0.457 e. The zero-order valence-electron chi connectivity index (χ0n) is 14.8. The van der Waals surface area contributed by atoms with Crippen molar-refractivity contribution in [3.8, 4) is 34.1 Å². The zero-order valence-corrected chi connectivity index (χ0v) is 18.0. The number of hydrogen-bond donors (Lipinski definition) is 0. The van der Waals surface area contributed by atoms with E-state index >= 15 is 0 Å². The maximum absolute atomic E-state index is 5.89. The lowest BCUT2D eigenvalue weighted by Gasteiger charge is -2.09. The van der Waals surface area contributed by atoms with Crippen molar-refractivity contribution in [3.63, 3.8) is 0 Å². The van der Waals surface area contributed by atoms with Gasteiger partial charge in [0.05, 0.1) is 0 Å². The lowest BCUT2D eigenvalue weighted by molar-refractivity contribution is 0.482. The summed E-state index contributed by atoms with van der Waals surface area (Å²) in [6.07, 6.45) is 0. The van der Waals surface area contributed by atoms with Gasteiger partial charge in [-0.15, -0.1) is 0 Å². The van der Waals surface area contributed by atoms with E-state index in [2.05, 4.69) is 56.1 Å². The minimum atomic E-state index is 0.802. The van der Waals surface area contributed by atoms with E-state index in [0.29, 0.717) is 0 Å². The molecule has 2 nitrogen and oxygen atoms in total. The molecule has 0 aliphatic heterocycles. The van der Waals surface area contributed by atoms with Crippen molar-refractivity contribution in [2.75, 3.05) is 0 Å². The van der Waals surface area contributed by atoms with Crippen LogP contribution in [0.2, 0.25) is 0 Å². The van der Waals surface area contributed by atoms with Crippen LogP contribution in [0, 0.1) is 0 Å². The van der Waals surface area contributed by atoms with Crippen LogP contribution in [0.4, 0.5) is 0 Å². The summed E-state index contributed by atoms with van der Waals surface area (Å²) in [4.78, 5) is 0. The van der Waals surface area contributed by atoms with E-state index < -0.39 is 0 Å². The fourth-order valence-electron chi connectivity index (χ4n) is 2.76. The van der Waals surface area contributed by atoms with E-state index in [0.717, 1.165) is 43.1 Å². The lowest BCUT2D eigenvalue weighted by Crippen LogP contribution is -1.86. The molecule has 0 unspecified atom stereocenters. The van der Waals surface area contributed by atoms with Gasteiger partial charge in [0.1, 0.15) is 23.0 Å². The van der Waals surface area contributed by atoms with Crippen molar-refractivity contribution in [1.82, 2.24) is 0 Å². The predicted octanol–water partition coefficient (Wildman–Crippen LogP) is 8.46. The van der Waals surface area contributed by atoms with E-state index in [-0.39, 0.29) is 0 Å². The van der Waals surface area contributed by atoms with Gasteiger partial charge in [0, 0.05) is 8.95 Å². The van der Waals surface area contributed by atoms with Crippen molar-refractivity contribution >= 4 is 31.9 Å². The Balaban J connectivity index is 1.45. The van der Waals surface area contributed by atoms with Gasteiger partial charge >= 0.3 is 0 Å². The Bertz CT molecular complexity index is 985.